The number of hydrogen-bond donors (Lipinski definition) is 1. The number of rotatable bonds is 2. The number of ether oxygens (including phenoxy) is 1. The number of fused-ring (bicyclic) bond motifs is 1. The predicted molar refractivity (Wildman–Crippen MR) is 86.6 cm³/mol. The molecule has 0 radical (unpaired) electrons. The number of aryl methyl sites for hydroxylation is 1. The zero-order chi connectivity index (χ0) is 15.0. The van der Waals surface area contributed by atoms with E-state index in [0.717, 1.165) is 44.0 Å². The van der Waals surface area contributed by atoms with Gasteiger partial charge >= 0.3 is 0 Å². The Kier molecular flexibility index (Phi) is 3.98. The molecule has 116 valence electrons. The lowest BCUT2D eigenvalue weighted by molar-refractivity contribution is -0.0236. The van der Waals surface area contributed by atoms with E-state index in [2.05, 4.69) is 43.9 Å². The molecule has 1 aromatic rings. The molecule has 3 nitrogen and oxygen atoms in total. The Hall–Kier alpha value is -1.06. The third-order valence-electron chi connectivity index (χ3n) is 4.87. The molecular weight excluding hydrogens is 260 g/mol. The Bertz CT molecular complexity index is 504. The lowest BCUT2D eigenvalue weighted by atomic mass is 9.80. The average molecular weight is 288 g/mol. The predicted octanol–water partition coefficient (Wildman–Crippen LogP) is 3.27. The van der Waals surface area contributed by atoms with Crippen LogP contribution in [0.4, 0.5) is 0 Å². The molecule has 1 fully saturated rings. The summed E-state index contributed by atoms with van der Waals surface area (Å²) in [6, 6.07) is 6.52. The maximum atomic E-state index is 6.44. The van der Waals surface area contributed by atoms with Crippen LogP contribution in [0.1, 0.15) is 50.3 Å². The van der Waals surface area contributed by atoms with Gasteiger partial charge in [0.1, 0.15) is 11.4 Å². The van der Waals surface area contributed by atoms with Crippen molar-refractivity contribution in [2.75, 3.05) is 19.6 Å². The van der Waals surface area contributed by atoms with E-state index < -0.39 is 0 Å². The molecule has 2 aliphatic heterocycles. The van der Waals surface area contributed by atoms with Crippen molar-refractivity contribution >= 4 is 0 Å². The van der Waals surface area contributed by atoms with Crippen molar-refractivity contribution in [3.8, 4) is 5.75 Å². The van der Waals surface area contributed by atoms with Crippen LogP contribution in [0.15, 0.2) is 18.2 Å². The van der Waals surface area contributed by atoms with E-state index in [4.69, 9.17) is 10.5 Å². The Balaban J connectivity index is 1.73. The number of likely N-dealkylation sites (tertiary alicyclic amines) is 1. The lowest BCUT2D eigenvalue weighted by Gasteiger charge is -2.46. The normalized spacial score (nSPS) is 24.9. The highest BCUT2D eigenvalue weighted by Crippen LogP contribution is 2.43. The number of benzene rings is 1. The maximum Gasteiger partial charge on any atom is 0.124 e. The van der Waals surface area contributed by atoms with Gasteiger partial charge in [-0.05, 0) is 31.7 Å². The molecule has 21 heavy (non-hydrogen) atoms. The molecule has 0 aliphatic carbocycles. The summed E-state index contributed by atoms with van der Waals surface area (Å²) in [6.45, 7) is 10.1. The first-order valence-corrected chi connectivity index (χ1v) is 8.25. The van der Waals surface area contributed by atoms with Gasteiger partial charge in [-0.2, -0.15) is 0 Å². The fraction of sp³-hybridized carbons (Fsp3) is 0.667. The van der Waals surface area contributed by atoms with Gasteiger partial charge < -0.3 is 15.4 Å². The largest absolute Gasteiger partial charge is 0.487 e. The monoisotopic (exact) mass is 288 g/mol. The van der Waals surface area contributed by atoms with Crippen LogP contribution in [0.5, 0.6) is 5.75 Å². The number of hydrogen-bond acceptors (Lipinski definition) is 3. The summed E-state index contributed by atoms with van der Waals surface area (Å²) >= 11 is 0. The van der Waals surface area contributed by atoms with E-state index >= 15 is 0 Å². The van der Waals surface area contributed by atoms with E-state index in [9.17, 15) is 0 Å². The Morgan fingerprint density at radius 1 is 1.33 bits per heavy atom. The van der Waals surface area contributed by atoms with Gasteiger partial charge in [-0.1, -0.05) is 31.5 Å². The fourth-order valence-corrected chi connectivity index (χ4v) is 3.80. The molecule has 1 atom stereocenters. The second-order valence-electron chi connectivity index (χ2n) is 7.33. The number of piperidine rings is 1. The second-order valence-corrected chi connectivity index (χ2v) is 7.33. The Morgan fingerprint density at radius 2 is 2.05 bits per heavy atom. The molecule has 1 saturated heterocycles. The molecule has 0 bridgehead atoms. The van der Waals surface area contributed by atoms with Crippen LogP contribution in [0.3, 0.4) is 0 Å². The average Bonchev–Trinajstić information content (AvgIpc) is 2.42. The molecule has 2 aliphatic rings. The summed E-state index contributed by atoms with van der Waals surface area (Å²) in [7, 11) is 0. The minimum atomic E-state index is -0.0326. The lowest BCUT2D eigenvalue weighted by Crippen LogP contribution is -2.51. The summed E-state index contributed by atoms with van der Waals surface area (Å²) in [5.41, 5.74) is 8.86. The van der Waals surface area contributed by atoms with Gasteiger partial charge in [0, 0.05) is 37.7 Å². The van der Waals surface area contributed by atoms with Gasteiger partial charge in [-0.25, -0.2) is 0 Å². The summed E-state index contributed by atoms with van der Waals surface area (Å²) in [5, 5.41) is 0. The quantitative estimate of drug-likeness (QED) is 0.907. The standard InChI is InChI=1S/C18H28N2O/c1-13(2)12-20-8-6-18(7-9-20)11-16(19)15-10-14(3)4-5-17(15)21-18/h4-5,10,13,16H,6-9,11-12,19H2,1-3H3/t16-/m1/s1. The minimum absolute atomic E-state index is 0.0326. The van der Waals surface area contributed by atoms with E-state index in [1.807, 2.05) is 0 Å². The first-order chi connectivity index (χ1) is 9.97. The summed E-state index contributed by atoms with van der Waals surface area (Å²) in [4.78, 5) is 2.56. The smallest absolute Gasteiger partial charge is 0.124 e. The fourth-order valence-electron chi connectivity index (χ4n) is 3.80. The number of nitrogens with two attached hydrogens (primary N) is 1. The highest BCUT2D eigenvalue weighted by Gasteiger charge is 2.42. The van der Waals surface area contributed by atoms with Crippen molar-refractivity contribution in [3.05, 3.63) is 29.3 Å². The van der Waals surface area contributed by atoms with Crippen molar-refractivity contribution in [2.24, 2.45) is 11.7 Å². The van der Waals surface area contributed by atoms with Gasteiger partial charge in [0.05, 0.1) is 0 Å². The zero-order valence-corrected chi connectivity index (χ0v) is 13.6. The minimum Gasteiger partial charge on any atom is -0.487 e. The van der Waals surface area contributed by atoms with Crippen LogP contribution in [0, 0.1) is 12.8 Å². The maximum absolute atomic E-state index is 6.44. The molecule has 3 heteroatoms. The van der Waals surface area contributed by atoms with Gasteiger partial charge in [0.2, 0.25) is 0 Å². The first-order valence-electron chi connectivity index (χ1n) is 8.25. The van der Waals surface area contributed by atoms with Gasteiger partial charge in [-0.3, -0.25) is 0 Å². The molecule has 0 saturated carbocycles. The molecule has 3 rings (SSSR count). The molecule has 2 heterocycles. The van der Waals surface area contributed by atoms with Gasteiger partial charge in [0.25, 0.3) is 0 Å². The van der Waals surface area contributed by atoms with E-state index in [0.29, 0.717) is 0 Å². The van der Waals surface area contributed by atoms with E-state index in [1.165, 1.54) is 17.7 Å². The molecule has 1 aromatic carbocycles. The van der Waals surface area contributed by atoms with E-state index in [1.54, 1.807) is 0 Å². The topological polar surface area (TPSA) is 38.5 Å². The van der Waals surface area contributed by atoms with Crippen LogP contribution in [-0.4, -0.2) is 30.1 Å². The highest BCUT2D eigenvalue weighted by molar-refractivity contribution is 5.41. The molecule has 2 N–H and O–H groups in total. The van der Waals surface area contributed by atoms with Crippen LogP contribution in [0.25, 0.3) is 0 Å². The Labute approximate surface area is 128 Å². The van der Waals surface area contributed by atoms with Crippen molar-refractivity contribution < 1.29 is 4.74 Å². The van der Waals surface area contributed by atoms with E-state index in [-0.39, 0.29) is 11.6 Å². The summed E-state index contributed by atoms with van der Waals surface area (Å²) in [5.74, 6) is 1.74. The van der Waals surface area contributed by atoms with Crippen LogP contribution < -0.4 is 10.5 Å². The highest BCUT2D eigenvalue weighted by atomic mass is 16.5. The van der Waals surface area contributed by atoms with Gasteiger partial charge in [-0.15, -0.1) is 0 Å². The zero-order valence-electron chi connectivity index (χ0n) is 13.6. The third-order valence-corrected chi connectivity index (χ3v) is 4.87. The SMILES string of the molecule is Cc1ccc2c(c1)[C@H](N)CC1(CCN(CC(C)C)CC1)O2. The summed E-state index contributed by atoms with van der Waals surface area (Å²) in [6.07, 6.45) is 3.15. The van der Waals surface area contributed by atoms with Crippen LogP contribution >= 0.6 is 0 Å². The van der Waals surface area contributed by atoms with Crippen LogP contribution in [-0.2, 0) is 0 Å². The molecular formula is C18H28N2O. The first kappa shape index (κ1) is 14.9. The van der Waals surface area contributed by atoms with Crippen LogP contribution in [0.2, 0.25) is 0 Å². The van der Waals surface area contributed by atoms with Crippen molar-refractivity contribution in [2.45, 2.75) is 51.7 Å². The summed E-state index contributed by atoms with van der Waals surface area (Å²) < 4.78 is 6.43. The number of nitrogens with zero attached hydrogens (tertiary/aromatic N) is 1. The van der Waals surface area contributed by atoms with Crippen molar-refractivity contribution in [1.29, 1.82) is 0 Å². The van der Waals surface area contributed by atoms with Crippen molar-refractivity contribution in [1.82, 2.24) is 4.90 Å². The third kappa shape index (κ3) is 3.09. The molecule has 1 spiro atoms. The molecule has 0 unspecified atom stereocenters. The van der Waals surface area contributed by atoms with Gasteiger partial charge in [0.15, 0.2) is 0 Å². The molecule has 0 aromatic heterocycles. The Morgan fingerprint density at radius 3 is 2.71 bits per heavy atom. The van der Waals surface area contributed by atoms with Crippen molar-refractivity contribution in [3.63, 3.8) is 0 Å². The molecule has 0 amide bonds. The second kappa shape index (κ2) is 5.62.